The first-order valence-corrected chi connectivity index (χ1v) is 6.12. The van der Waals surface area contributed by atoms with Crippen molar-refractivity contribution in [2.45, 2.75) is 13.3 Å². The standard InChI is InChI=1S/C14H16O5/c1-9(7-13(15)17-2)14(16)10-3-4-11-12(8-10)19-6-5-18-11/h3-4,8-9H,5-7H2,1-2H3. The maximum Gasteiger partial charge on any atom is 0.306 e. The summed E-state index contributed by atoms with van der Waals surface area (Å²) in [5.41, 5.74) is 0.514. The summed E-state index contributed by atoms with van der Waals surface area (Å²) in [4.78, 5) is 23.3. The zero-order chi connectivity index (χ0) is 13.8. The van der Waals surface area contributed by atoms with Crippen LogP contribution in [-0.2, 0) is 9.53 Å². The summed E-state index contributed by atoms with van der Waals surface area (Å²) >= 11 is 0. The second-order valence-corrected chi connectivity index (χ2v) is 4.40. The molecule has 0 amide bonds. The second kappa shape index (κ2) is 5.73. The van der Waals surface area contributed by atoms with Crippen molar-refractivity contribution >= 4 is 11.8 Å². The first-order valence-electron chi connectivity index (χ1n) is 6.12. The van der Waals surface area contributed by atoms with Crippen LogP contribution in [0.25, 0.3) is 0 Å². The summed E-state index contributed by atoms with van der Waals surface area (Å²) in [6.07, 6.45) is 0.0732. The number of benzene rings is 1. The first kappa shape index (κ1) is 13.4. The number of fused-ring (bicyclic) bond motifs is 1. The molecule has 1 aromatic carbocycles. The molecule has 1 heterocycles. The predicted molar refractivity (Wildman–Crippen MR) is 67.6 cm³/mol. The average molecular weight is 264 g/mol. The van der Waals surface area contributed by atoms with E-state index in [9.17, 15) is 9.59 Å². The zero-order valence-corrected chi connectivity index (χ0v) is 11.0. The van der Waals surface area contributed by atoms with E-state index in [0.29, 0.717) is 30.3 Å². The van der Waals surface area contributed by atoms with Gasteiger partial charge in [-0.25, -0.2) is 0 Å². The van der Waals surface area contributed by atoms with Crippen LogP contribution in [0.15, 0.2) is 18.2 Å². The SMILES string of the molecule is COC(=O)CC(C)C(=O)c1ccc2c(c1)OCCO2. The van der Waals surface area contributed by atoms with Crippen LogP contribution in [0, 0.1) is 5.92 Å². The van der Waals surface area contributed by atoms with Crippen molar-refractivity contribution in [1.29, 1.82) is 0 Å². The van der Waals surface area contributed by atoms with Crippen LogP contribution in [0.1, 0.15) is 23.7 Å². The van der Waals surface area contributed by atoms with Gasteiger partial charge in [0.1, 0.15) is 13.2 Å². The maximum atomic E-state index is 12.2. The number of hydrogen-bond acceptors (Lipinski definition) is 5. The van der Waals surface area contributed by atoms with E-state index in [4.69, 9.17) is 9.47 Å². The summed E-state index contributed by atoms with van der Waals surface area (Å²) in [6.45, 7) is 2.69. The van der Waals surface area contributed by atoms with E-state index in [1.165, 1.54) is 7.11 Å². The zero-order valence-electron chi connectivity index (χ0n) is 11.0. The minimum atomic E-state index is -0.421. The van der Waals surface area contributed by atoms with Gasteiger partial charge in [-0.3, -0.25) is 9.59 Å². The summed E-state index contributed by atoms with van der Waals surface area (Å²) < 4.78 is 15.4. The van der Waals surface area contributed by atoms with Crippen molar-refractivity contribution in [1.82, 2.24) is 0 Å². The fourth-order valence-corrected chi connectivity index (χ4v) is 1.91. The van der Waals surface area contributed by atoms with Crippen LogP contribution in [0.2, 0.25) is 0 Å². The highest BCUT2D eigenvalue weighted by atomic mass is 16.6. The van der Waals surface area contributed by atoms with Crippen molar-refractivity contribution in [2.75, 3.05) is 20.3 Å². The van der Waals surface area contributed by atoms with E-state index >= 15 is 0 Å². The van der Waals surface area contributed by atoms with Crippen LogP contribution in [0.4, 0.5) is 0 Å². The molecule has 1 aliphatic rings. The van der Waals surface area contributed by atoms with Gasteiger partial charge in [0.05, 0.1) is 13.5 Å². The largest absolute Gasteiger partial charge is 0.486 e. The van der Waals surface area contributed by atoms with Gasteiger partial charge in [-0.1, -0.05) is 6.92 Å². The summed E-state index contributed by atoms with van der Waals surface area (Å²) in [6, 6.07) is 5.06. The molecular weight excluding hydrogens is 248 g/mol. The highest BCUT2D eigenvalue weighted by molar-refractivity contribution is 5.99. The molecule has 1 aromatic rings. The van der Waals surface area contributed by atoms with Crippen molar-refractivity contribution in [3.63, 3.8) is 0 Å². The van der Waals surface area contributed by atoms with Crippen LogP contribution in [-0.4, -0.2) is 32.1 Å². The number of ether oxygens (including phenoxy) is 3. The predicted octanol–water partition coefficient (Wildman–Crippen LogP) is 1.84. The average Bonchev–Trinajstić information content (AvgIpc) is 2.45. The quantitative estimate of drug-likeness (QED) is 0.613. The highest BCUT2D eigenvalue weighted by Gasteiger charge is 2.21. The number of ketones is 1. The number of rotatable bonds is 4. The Hall–Kier alpha value is -2.04. The monoisotopic (exact) mass is 264 g/mol. The Balaban J connectivity index is 2.12. The summed E-state index contributed by atoms with van der Waals surface area (Å²) in [7, 11) is 1.31. The van der Waals surface area contributed by atoms with Gasteiger partial charge >= 0.3 is 5.97 Å². The van der Waals surface area contributed by atoms with Crippen LogP contribution in [0.3, 0.4) is 0 Å². The van der Waals surface area contributed by atoms with Gasteiger partial charge in [0.2, 0.25) is 0 Å². The van der Waals surface area contributed by atoms with Gasteiger partial charge in [0.15, 0.2) is 17.3 Å². The minimum Gasteiger partial charge on any atom is -0.486 e. The van der Waals surface area contributed by atoms with E-state index in [1.54, 1.807) is 25.1 Å². The van der Waals surface area contributed by atoms with Gasteiger partial charge < -0.3 is 14.2 Å². The second-order valence-electron chi connectivity index (χ2n) is 4.40. The Morgan fingerprint density at radius 3 is 2.63 bits per heavy atom. The normalized spacial score (nSPS) is 14.6. The third kappa shape index (κ3) is 3.05. The number of Topliss-reactive ketones (excluding diaryl/α,β-unsaturated/α-hetero) is 1. The molecule has 5 heteroatoms. The lowest BCUT2D eigenvalue weighted by Gasteiger charge is -2.19. The lowest BCUT2D eigenvalue weighted by atomic mass is 9.96. The molecule has 19 heavy (non-hydrogen) atoms. The third-order valence-corrected chi connectivity index (χ3v) is 2.97. The number of carbonyl (C=O) groups is 2. The lowest BCUT2D eigenvalue weighted by Crippen LogP contribution is -2.18. The molecule has 0 N–H and O–H groups in total. The molecule has 0 bridgehead atoms. The van der Waals surface area contributed by atoms with Crippen molar-refractivity contribution < 1.29 is 23.8 Å². The fourth-order valence-electron chi connectivity index (χ4n) is 1.91. The fraction of sp³-hybridized carbons (Fsp3) is 0.429. The molecule has 0 aliphatic carbocycles. The Morgan fingerprint density at radius 1 is 1.26 bits per heavy atom. The molecular formula is C14H16O5. The van der Waals surface area contributed by atoms with E-state index in [0.717, 1.165) is 0 Å². The lowest BCUT2D eigenvalue weighted by molar-refractivity contribution is -0.141. The maximum absolute atomic E-state index is 12.2. The molecule has 1 aliphatic heterocycles. The molecule has 0 saturated heterocycles. The number of carbonyl (C=O) groups excluding carboxylic acids is 2. The van der Waals surface area contributed by atoms with Gasteiger partial charge in [-0.2, -0.15) is 0 Å². The Kier molecular flexibility index (Phi) is 4.04. The molecule has 5 nitrogen and oxygen atoms in total. The molecule has 0 saturated carbocycles. The summed E-state index contributed by atoms with van der Waals surface area (Å²) in [5.74, 6) is 0.293. The van der Waals surface area contributed by atoms with Gasteiger partial charge in [-0.15, -0.1) is 0 Å². The number of methoxy groups -OCH3 is 1. The molecule has 2 rings (SSSR count). The van der Waals surface area contributed by atoms with Crippen molar-refractivity contribution in [3.8, 4) is 11.5 Å². The van der Waals surface area contributed by atoms with E-state index in [-0.39, 0.29) is 12.2 Å². The Morgan fingerprint density at radius 2 is 1.95 bits per heavy atom. The van der Waals surface area contributed by atoms with Crippen molar-refractivity contribution in [3.05, 3.63) is 23.8 Å². The van der Waals surface area contributed by atoms with Crippen LogP contribution in [0.5, 0.6) is 11.5 Å². The summed E-state index contributed by atoms with van der Waals surface area (Å²) in [5, 5.41) is 0. The molecule has 0 spiro atoms. The molecule has 102 valence electrons. The molecule has 1 unspecified atom stereocenters. The van der Waals surface area contributed by atoms with Crippen molar-refractivity contribution in [2.24, 2.45) is 5.92 Å². The van der Waals surface area contributed by atoms with E-state index < -0.39 is 11.9 Å². The van der Waals surface area contributed by atoms with E-state index in [1.807, 2.05) is 0 Å². The molecule has 0 aromatic heterocycles. The molecule has 0 fully saturated rings. The Labute approximate surface area is 111 Å². The molecule has 0 radical (unpaired) electrons. The topological polar surface area (TPSA) is 61.8 Å². The number of esters is 1. The minimum absolute atomic E-state index is 0.0732. The smallest absolute Gasteiger partial charge is 0.306 e. The van der Waals surface area contributed by atoms with Crippen LogP contribution < -0.4 is 9.47 Å². The van der Waals surface area contributed by atoms with Gasteiger partial charge in [-0.05, 0) is 18.2 Å². The Bertz CT molecular complexity index is 495. The molecule has 1 atom stereocenters. The number of hydrogen-bond donors (Lipinski definition) is 0. The van der Waals surface area contributed by atoms with Crippen LogP contribution >= 0.6 is 0 Å². The van der Waals surface area contributed by atoms with Gasteiger partial charge in [0.25, 0.3) is 0 Å². The van der Waals surface area contributed by atoms with E-state index in [2.05, 4.69) is 4.74 Å². The third-order valence-electron chi connectivity index (χ3n) is 2.97. The van der Waals surface area contributed by atoms with Gasteiger partial charge in [0, 0.05) is 11.5 Å². The highest BCUT2D eigenvalue weighted by Crippen LogP contribution is 2.31. The first-order chi connectivity index (χ1) is 9.11.